The number of rotatable bonds is 3. The van der Waals surface area contributed by atoms with Gasteiger partial charge in [-0.25, -0.2) is 9.48 Å². The van der Waals surface area contributed by atoms with Crippen LogP contribution in [-0.2, 0) is 0 Å². The van der Waals surface area contributed by atoms with Gasteiger partial charge in [0.25, 0.3) is 5.56 Å². The minimum Gasteiger partial charge on any atom is -0.296 e. The number of hydrogen-bond donors (Lipinski definition) is 1. The lowest BCUT2D eigenvalue weighted by Crippen LogP contribution is -2.33. The summed E-state index contributed by atoms with van der Waals surface area (Å²) >= 11 is 0. The van der Waals surface area contributed by atoms with Crippen LogP contribution in [0.3, 0.4) is 0 Å². The van der Waals surface area contributed by atoms with Crippen LogP contribution in [0.4, 0.5) is 0 Å². The van der Waals surface area contributed by atoms with E-state index in [4.69, 9.17) is 0 Å². The lowest BCUT2D eigenvalue weighted by Gasteiger charge is -2.10. The number of hydrogen-bond acceptors (Lipinski definition) is 4. The third-order valence-electron chi connectivity index (χ3n) is 3.32. The Morgan fingerprint density at radius 3 is 2.50 bits per heavy atom. The van der Waals surface area contributed by atoms with Gasteiger partial charge in [0.2, 0.25) is 0 Å². The SMILES string of the molecule is CC(C)n1cc(-n2cc(-c3ccccc3)nn2)c(=O)[nH]c1=O. The van der Waals surface area contributed by atoms with Crippen molar-refractivity contribution in [3.63, 3.8) is 0 Å². The monoisotopic (exact) mass is 297 g/mol. The maximum atomic E-state index is 12.0. The third kappa shape index (κ3) is 2.48. The molecule has 2 aromatic heterocycles. The van der Waals surface area contributed by atoms with Crippen molar-refractivity contribution in [1.29, 1.82) is 0 Å². The van der Waals surface area contributed by atoms with Crippen molar-refractivity contribution in [3.05, 3.63) is 63.6 Å². The largest absolute Gasteiger partial charge is 0.328 e. The summed E-state index contributed by atoms with van der Waals surface area (Å²) in [6.45, 7) is 3.72. The van der Waals surface area contributed by atoms with Crippen LogP contribution in [0.1, 0.15) is 19.9 Å². The molecule has 7 nitrogen and oxygen atoms in total. The summed E-state index contributed by atoms with van der Waals surface area (Å²) < 4.78 is 2.82. The second kappa shape index (κ2) is 5.44. The summed E-state index contributed by atoms with van der Waals surface area (Å²) in [5, 5.41) is 8.06. The van der Waals surface area contributed by atoms with Gasteiger partial charge in [0, 0.05) is 17.8 Å². The summed E-state index contributed by atoms with van der Waals surface area (Å²) in [7, 11) is 0. The molecule has 0 saturated heterocycles. The first-order valence-corrected chi connectivity index (χ1v) is 6.90. The molecule has 0 unspecified atom stereocenters. The molecule has 7 heteroatoms. The van der Waals surface area contributed by atoms with Gasteiger partial charge in [0.15, 0.2) is 0 Å². The Balaban J connectivity index is 2.09. The fraction of sp³-hybridized carbons (Fsp3) is 0.200. The summed E-state index contributed by atoms with van der Waals surface area (Å²) in [6.07, 6.45) is 3.16. The highest BCUT2D eigenvalue weighted by Crippen LogP contribution is 2.15. The molecule has 0 radical (unpaired) electrons. The quantitative estimate of drug-likeness (QED) is 0.791. The molecular formula is C15H15N5O2. The lowest BCUT2D eigenvalue weighted by atomic mass is 10.2. The summed E-state index contributed by atoms with van der Waals surface area (Å²) in [4.78, 5) is 26.1. The minimum atomic E-state index is -0.494. The van der Waals surface area contributed by atoms with E-state index < -0.39 is 11.2 Å². The van der Waals surface area contributed by atoms with Crippen molar-refractivity contribution in [3.8, 4) is 16.9 Å². The van der Waals surface area contributed by atoms with E-state index in [-0.39, 0.29) is 11.7 Å². The molecule has 0 atom stereocenters. The molecule has 1 N–H and O–H groups in total. The Labute approximate surface area is 125 Å². The van der Waals surface area contributed by atoms with Gasteiger partial charge in [-0.1, -0.05) is 35.5 Å². The van der Waals surface area contributed by atoms with Gasteiger partial charge in [-0.2, -0.15) is 0 Å². The molecule has 22 heavy (non-hydrogen) atoms. The number of aromatic amines is 1. The predicted octanol–water partition coefficient (Wildman–Crippen LogP) is 1.37. The van der Waals surface area contributed by atoms with Crippen LogP contribution in [0.2, 0.25) is 0 Å². The van der Waals surface area contributed by atoms with Gasteiger partial charge < -0.3 is 0 Å². The Morgan fingerprint density at radius 2 is 1.82 bits per heavy atom. The molecule has 0 aliphatic rings. The van der Waals surface area contributed by atoms with E-state index >= 15 is 0 Å². The molecule has 3 aromatic rings. The molecule has 0 aliphatic heterocycles. The van der Waals surface area contributed by atoms with Gasteiger partial charge in [0.1, 0.15) is 11.4 Å². The molecule has 3 rings (SSSR count). The van der Waals surface area contributed by atoms with E-state index in [0.29, 0.717) is 5.69 Å². The van der Waals surface area contributed by atoms with Crippen molar-refractivity contribution >= 4 is 0 Å². The molecular weight excluding hydrogens is 282 g/mol. The highest BCUT2D eigenvalue weighted by molar-refractivity contribution is 5.57. The number of H-pyrrole nitrogens is 1. The van der Waals surface area contributed by atoms with Crippen molar-refractivity contribution in [2.45, 2.75) is 19.9 Å². The molecule has 2 heterocycles. The zero-order chi connectivity index (χ0) is 15.7. The highest BCUT2D eigenvalue weighted by atomic mass is 16.2. The van der Waals surface area contributed by atoms with E-state index in [1.165, 1.54) is 15.4 Å². The second-order valence-corrected chi connectivity index (χ2v) is 5.19. The lowest BCUT2D eigenvalue weighted by molar-refractivity contribution is 0.556. The Hall–Kier alpha value is -2.96. The molecule has 0 spiro atoms. The normalized spacial score (nSPS) is 11.0. The summed E-state index contributed by atoms with van der Waals surface area (Å²) in [5.74, 6) is 0. The first-order valence-electron chi connectivity index (χ1n) is 6.90. The summed E-state index contributed by atoms with van der Waals surface area (Å²) in [5.41, 5.74) is 0.881. The number of benzene rings is 1. The van der Waals surface area contributed by atoms with Gasteiger partial charge in [-0.05, 0) is 13.8 Å². The first kappa shape index (κ1) is 14.0. The van der Waals surface area contributed by atoms with Gasteiger partial charge in [-0.3, -0.25) is 14.3 Å². The smallest absolute Gasteiger partial charge is 0.296 e. The van der Waals surface area contributed by atoms with Crippen molar-refractivity contribution in [1.82, 2.24) is 24.5 Å². The molecule has 0 aliphatic carbocycles. The topological polar surface area (TPSA) is 85.6 Å². The van der Waals surface area contributed by atoms with Gasteiger partial charge in [-0.15, -0.1) is 5.10 Å². The molecule has 1 aromatic carbocycles. The maximum Gasteiger partial charge on any atom is 0.328 e. The Bertz CT molecular complexity index is 905. The van der Waals surface area contributed by atoms with Crippen molar-refractivity contribution < 1.29 is 0 Å². The fourth-order valence-electron chi connectivity index (χ4n) is 2.14. The van der Waals surface area contributed by atoms with E-state index in [0.717, 1.165) is 5.56 Å². The van der Waals surface area contributed by atoms with E-state index in [9.17, 15) is 9.59 Å². The number of nitrogens with zero attached hydrogens (tertiary/aromatic N) is 4. The van der Waals surface area contributed by atoms with E-state index in [1.54, 1.807) is 6.20 Å². The number of nitrogens with one attached hydrogen (secondary N) is 1. The molecule has 0 fully saturated rings. The zero-order valence-electron chi connectivity index (χ0n) is 12.2. The van der Waals surface area contributed by atoms with Gasteiger partial charge in [0.05, 0.1) is 6.20 Å². The average Bonchev–Trinajstić information content (AvgIpc) is 2.97. The Kier molecular flexibility index (Phi) is 3.46. The van der Waals surface area contributed by atoms with Crippen LogP contribution in [-0.4, -0.2) is 24.5 Å². The Morgan fingerprint density at radius 1 is 1.09 bits per heavy atom. The van der Waals surface area contributed by atoms with Gasteiger partial charge >= 0.3 is 5.69 Å². The second-order valence-electron chi connectivity index (χ2n) is 5.19. The minimum absolute atomic E-state index is 0.0692. The van der Waals surface area contributed by atoms with Crippen LogP contribution in [0.25, 0.3) is 16.9 Å². The van der Waals surface area contributed by atoms with Crippen LogP contribution >= 0.6 is 0 Å². The number of aromatic nitrogens is 5. The molecule has 0 saturated carbocycles. The predicted molar refractivity (Wildman–Crippen MR) is 82.1 cm³/mol. The fourth-order valence-corrected chi connectivity index (χ4v) is 2.14. The first-order chi connectivity index (χ1) is 10.6. The van der Waals surface area contributed by atoms with E-state index in [2.05, 4.69) is 15.3 Å². The molecule has 112 valence electrons. The van der Waals surface area contributed by atoms with Crippen LogP contribution in [0.5, 0.6) is 0 Å². The zero-order valence-corrected chi connectivity index (χ0v) is 12.2. The van der Waals surface area contributed by atoms with Crippen molar-refractivity contribution in [2.75, 3.05) is 0 Å². The van der Waals surface area contributed by atoms with Crippen LogP contribution in [0, 0.1) is 0 Å². The molecule has 0 bridgehead atoms. The van der Waals surface area contributed by atoms with Crippen molar-refractivity contribution in [2.24, 2.45) is 0 Å². The maximum absolute atomic E-state index is 12.0. The van der Waals surface area contributed by atoms with Crippen LogP contribution in [0.15, 0.2) is 52.3 Å². The summed E-state index contributed by atoms with van der Waals surface area (Å²) in [6, 6.07) is 9.47. The molecule has 0 amide bonds. The third-order valence-corrected chi connectivity index (χ3v) is 3.32. The highest BCUT2D eigenvalue weighted by Gasteiger charge is 2.11. The van der Waals surface area contributed by atoms with E-state index in [1.807, 2.05) is 44.2 Å². The standard InChI is InChI=1S/C15H15N5O2/c1-10(2)19-9-13(14(21)16-15(19)22)20-8-12(17-18-20)11-6-4-3-5-7-11/h3-10H,1-2H3,(H,16,21,22). The average molecular weight is 297 g/mol. The van der Waals surface area contributed by atoms with Crippen LogP contribution < -0.4 is 11.2 Å².